The number of halogens is 1. The molecule has 1 fully saturated rings. The molecule has 1 aliphatic carbocycles. The van der Waals surface area contributed by atoms with Crippen molar-refractivity contribution in [3.8, 4) is 0 Å². The van der Waals surface area contributed by atoms with Gasteiger partial charge in [0.1, 0.15) is 0 Å². The molecule has 1 unspecified atom stereocenters. The quantitative estimate of drug-likeness (QED) is 0.327. The smallest absolute Gasteiger partial charge is 0.261 e. The van der Waals surface area contributed by atoms with E-state index in [1.807, 2.05) is 13.0 Å². The normalized spacial score (nSPS) is 18.5. The van der Waals surface area contributed by atoms with E-state index in [1.54, 1.807) is 0 Å². The fraction of sp³-hybridized carbons (Fsp3) is 0.571. The van der Waals surface area contributed by atoms with Gasteiger partial charge in [-0.3, -0.25) is 4.79 Å². The number of oxime groups is 1. The number of carbonyl (C=O) groups is 1. The van der Waals surface area contributed by atoms with Crippen molar-refractivity contribution < 1.29 is 10.0 Å². The molecule has 1 amide bonds. The lowest BCUT2D eigenvalue weighted by atomic mass is 9.83. The Morgan fingerprint density at radius 1 is 1.52 bits per heavy atom. The van der Waals surface area contributed by atoms with Crippen molar-refractivity contribution in [3.05, 3.63) is 20.3 Å². The van der Waals surface area contributed by atoms with Crippen LogP contribution >= 0.6 is 27.3 Å². The lowest BCUT2D eigenvalue weighted by molar-refractivity contribution is 0.0934. The van der Waals surface area contributed by atoms with Crippen LogP contribution in [-0.2, 0) is 0 Å². The lowest BCUT2D eigenvalue weighted by Crippen LogP contribution is -2.49. The first-order chi connectivity index (χ1) is 10.0. The van der Waals surface area contributed by atoms with Gasteiger partial charge in [0, 0.05) is 0 Å². The fourth-order valence-electron chi connectivity index (χ4n) is 2.75. The summed E-state index contributed by atoms with van der Waals surface area (Å²) in [6.45, 7) is 1.94. The molecule has 4 N–H and O–H groups in total. The number of thiophene rings is 1. The highest BCUT2D eigenvalue weighted by atomic mass is 79.9. The van der Waals surface area contributed by atoms with Crippen molar-refractivity contribution in [2.75, 3.05) is 0 Å². The third kappa shape index (κ3) is 3.97. The van der Waals surface area contributed by atoms with E-state index in [0.717, 1.165) is 35.0 Å². The Hall–Kier alpha value is -1.08. The standard InChI is InChI=1S/C14H20BrN3O2S/c1-8-7-10(21-12(8)15)14(19)17-11(13(16)18-20)9-5-3-2-4-6-9/h7,9,11,20H,2-6H2,1H3,(H2,16,18)(H,17,19). The molecule has 0 aromatic carbocycles. The van der Waals surface area contributed by atoms with Gasteiger partial charge in [-0.2, -0.15) is 0 Å². The van der Waals surface area contributed by atoms with Crippen LogP contribution < -0.4 is 11.1 Å². The second-order valence-electron chi connectivity index (χ2n) is 5.44. The van der Waals surface area contributed by atoms with Crippen LogP contribution in [0.3, 0.4) is 0 Å². The number of amidine groups is 1. The maximum absolute atomic E-state index is 12.4. The molecule has 0 aliphatic heterocycles. The molecule has 0 radical (unpaired) electrons. The van der Waals surface area contributed by atoms with E-state index in [0.29, 0.717) is 4.88 Å². The monoisotopic (exact) mass is 373 g/mol. The van der Waals surface area contributed by atoms with E-state index >= 15 is 0 Å². The van der Waals surface area contributed by atoms with Crippen molar-refractivity contribution in [3.63, 3.8) is 0 Å². The Kier molecular flexibility index (Phi) is 5.64. The van der Waals surface area contributed by atoms with E-state index in [9.17, 15) is 4.79 Å². The molecule has 1 heterocycles. The third-order valence-electron chi connectivity index (χ3n) is 3.92. The fourth-order valence-corrected chi connectivity index (χ4v) is 4.19. The summed E-state index contributed by atoms with van der Waals surface area (Å²) >= 11 is 4.81. The number of aryl methyl sites for hydroxylation is 1. The van der Waals surface area contributed by atoms with Crippen LogP contribution in [0.2, 0.25) is 0 Å². The molecule has 1 saturated carbocycles. The van der Waals surface area contributed by atoms with Gasteiger partial charge in [-0.05, 0) is 53.2 Å². The first-order valence-electron chi connectivity index (χ1n) is 7.07. The number of nitrogens with one attached hydrogen (secondary N) is 1. The van der Waals surface area contributed by atoms with Crippen LogP contribution in [0, 0.1) is 12.8 Å². The minimum absolute atomic E-state index is 0.0857. The maximum Gasteiger partial charge on any atom is 0.261 e. The van der Waals surface area contributed by atoms with E-state index in [1.165, 1.54) is 17.8 Å². The second-order valence-corrected chi connectivity index (χ2v) is 7.81. The Morgan fingerprint density at radius 2 is 2.19 bits per heavy atom. The molecule has 116 valence electrons. The summed E-state index contributed by atoms with van der Waals surface area (Å²) in [7, 11) is 0. The van der Waals surface area contributed by atoms with Gasteiger partial charge in [0.25, 0.3) is 5.91 Å². The Bertz CT molecular complexity index is 519. The first-order valence-corrected chi connectivity index (χ1v) is 8.68. The molecule has 7 heteroatoms. The number of hydrogen-bond acceptors (Lipinski definition) is 4. The third-order valence-corrected chi connectivity index (χ3v) is 6.06. The Morgan fingerprint density at radius 3 is 2.71 bits per heavy atom. The molecule has 2 rings (SSSR count). The lowest BCUT2D eigenvalue weighted by Gasteiger charge is -2.29. The average Bonchev–Trinajstić information content (AvgIpc) is 2.84. The number of carbonyl (C=O) groups excluding carboxylic acids is 1. The number of nitrogens with zero attached hydrogens (tertiary/aromatic N) is 1. The number of amides is 1. The van der Waals surface area contributed by atoms with E-state index < -0.39 is 6.04 Å². The van der Waals surface area contributed by atoms with Crippen LogP contribution in [0.1, 0.15) is 47.3 Å². The van der Waals surface area contributed by atoms with Crippen molar-refractivity contribution in [2.45, 2.75) is 45.1 Å². The summed E-state index contributed by atoms with van der Waals surface area (Å²) in [4.78, 5) is 13.0. The molecule has 1 atom stereocenters. The van der Waals surface area contributed by atoms with Gasteiger partial charge in [0.2, 0.25) is 0 Å². The van der Waals surface area contributed by atoms with Crippen LogP contribution in [0.4, 0.5) is 0 Å². The second kappa shape index (κ2) is 7.26. The summed E-state index contributed by atoms with van der Waals surface area (Å²) < 4.78 is 0.950. The predicted molar refractivity (Wildman–Crippen MR) is 88.0 cm³/mol. The predicted octanol–water partition coefficient (Wildman–Crippen LogP) is 3.24. The molecule has 0 bridgehead atoms. The van der Waals surface area contributed by atoms with E-state index in [2.05, 4.69) is 26.4 Å². The summed E-state index contributed by atoms with van der Waals surface area (Å²) in [5.41, 5.74) is 6.82. The molecule has 1 aromatic heterocycles. The van der Waals surface area contributed by atoms with Crippen molar-refractivity contribution in [1.82, 2.24) is 5.32 Å². The highest BCUT2D eigenvalue weighted by Crippen LogP contribution is 2.29. The minimum Gasteiger partial charge on any atom is -0.409 e. The van der Waals surface area contributed by atoms with Gasteiger partial charge in [0.15, 0.2) is 5.84 Å². The number of rotatable bonds is 4. The summed E-state index contributed by atoms with van der Waals surface area (Å²) in [6.07, 6.45) is 5.45. The van der Waals surface area contributed by atoms with Crippen molar-refractivity contribution in [2.24, 2.45) is 16.8 Å². The van der Waals surface area contributed by atoms with Gasteiger partial charge in [0.05, 0.1) is 14.7 Å². The summed E-state index contributed by atoms with van der Waals surface area (Å²) in [5, 5.41) is 15.0. The van der Waals surface area contributed by atoms with Crippen LogP contribution in [0.15, 0.2) is 15.0 Å². The Balaban J connectivity index is 2.12. The topological polar surface area (TPSA) is 87.7 Å². The Labute approximate surface area is 136 Å². The zero-order valence-corrected chi connectivity index (χ0v) is 14.3. The SMILES string of the molecule is Cc1cc(C(=O)NC(/C(N)=N/O)C2CCCCC2)sc1Br. The van der Waals surface area contributed by atoms with Gasteiger partial charge in [-0.25, -0.2) is 0 Å². The molecule has 0 spiro atoms. The van der Waals surface area contributed by atoms with Gasteiger partial charge in [-0.15, -0.1) is 11.3 Å². The summed E-state index contributed by atoms with van der Waals surface area (Å²) in [6, 6.07) is 1.44. The average molecular weight is 374 g/mol. The zero-order chi connectivity index (χ0) is 15.4. The zero-order valence-electron chi connectivity index (χ0n) is 11.9. The molecular weight excluding hydrogens is 354 g/mol. The number of hydrogen-bond donors (Lipinski definition) is 3. The van der Waals surface area contributed by atoms with E-state index in [-0.39, 0.29) is 17.7 Å². The van der Waals surface area contributed by atoms with Crippen LogP contribution in [-0.4, -0.2) is 23.0 Å². The summed E-state index contributed by atoms with van der Waals surface area (Å²) in [5.74, 6) is 0.154. The molecular formula is C14H20BrN3O2S. The molecule has 1 aromatic rings. The largest absolute Gasteiger partial charge is 0.409 e. The van der Waals surface area contributed by atoms with Crippen LogP contribution in [0.25, 0.3) is 0 Å². The molecule has 21 heavy (non-hydrogen) atoms. The minimum atomic E-state index is -0.399. The molecule has 1 aliphatic rings. The van der Waals surface area contributed by atoms with Gasteiger partial charge >= 0.3 is 0 Å². The molecule has 0 saturated heterocycles. The maximum atomic E-state index is 12.4. The number of nitrogens with two attached hydrogens (primary N) is 1. The highest BCUT2D eigenvalue weighted by Gasteiger charge is 2.29. The van der Waals surface area contributed by atoms with Crippen molar-refractivity contribution in [1.29, 1.82) is 0 Å². The van der Waals surface area contributed by atoms with Crippen LogP contribution in [0.5, 0.6) is 0 Å². The van der Waals surface area contributed by atoms with E-state index in [4.69, 9.17) is 10.9 Å². The van der Waals surface area contributed by atoms with Gasteiger partial charge in [-0.1, -0.05) is 24.4 Å². The van der Waals surface area contributed by atoms with Gasteiger partial charge < -0.3 is 16.3 Å². The first kappa shape index (κ1) is 16.3. The van der Waals surface area contributed by atoms with Crippen molar-refractivity contribution >= 4 is 39.0 Å². The molecule has 5 nitrogen and oxygen atoms in total. The highest BCUT2D eigenvalue weighted by molar-refractivity contribution is 9.11.